The minimum atomic E-state index is -1.31. The minimum Gasteiger partial charge on any atom is -0.508 e. The molecule has 2 amide bonds. The molecule has 2 aromatic rings. The number of carbonyl (C=O) groups is 4. The fourth-order valence-electron chi connectivity index (χ4n) is 6.56. The molecule has 1 atom stereocenters. The number of hydrogen-bond acceptors (Lipinski definition) is 10. The van der Waals surface area contributed by atoms with E-state index in [1.165, 1.54) is 54.6 Å². The molecule has 0 bridgehead atoms. The first-order valence-corrected chi connectivity index (χ1v) is 17.7. The predicted octanol–water partition coefficient (Wildman–Crippen LogP) is 5.03. The zero-order valence-electron chi connectivity index (χ0n) is 31.1. The highest BCUT2D eigenvalue weighted by molar-refractivity contribution is 6.09. The van der Waals surface area contributed by atoms with Crippen LogP contribution in [0.3, 0.4) is 0 Å². The molecule has 1 aliphatic heterocycles. The molecule has 0 spiro atoms. The van der Waals surface area contributed by atoms with Gasteiger partial charge in [0.1, 0.15) is 22.7 Å². The van der Waals surface area contributed by atoms with Gasteiger partial charge < -0.3 is 39.8 Å². The number of carboxylic acid groups (broad SMARTS) is 1. The third-order valence-corrected chi connectivity index (χ3v) is 9.48. The van der Waals surface area contributed by atoms with Crippen molar-refractivity contribution < 1.29 is 48.4 Å². The number of ketones is 1. The van der Waals surface area contributed by atoms with Gasteiger partial charge in [0.25, 0.3) is 5.91 Å². The third kappa shape index (κ3) is 9.44. The zero-order valence-corrected chi connectivity index (χ0v) is 31.1. The van der Waals surface area contributed by atoms with Crippen LogP contribution in [0.1, 0.15) is 54.8 Å². The Hall–Kier alpha value is -5.89. The number of phenolic OH excluding ortho intramolecular Hbond substituents is 1. The molecule has 2 aliphatic carbocycles. The average Bonchev–Trinajstić information content (AvgIpc) is 3.12. The molecule has 0 saturated carbocycles. The van der Waals surface area contributed by atoms with Gasteiger partial charge in [-0.15, -0.1) is 0 Å². The summed E-state index contributed by atoms with van der Waals surface area (Å²) >= 11 is 0. The van der Waals surface area contributed by atoms with Crippen LogP contribution in [0.25, 0.3) is 33.4 Å². The Morgan fingerprint density at radius 1 is 0.909 bits per heavy atom. The Bertz CT molecular complexity index is 2250. The van der Waals surface area contributed by atoms with Gasteiger partial charge in [0.15, 0.2) is 11.2 Å². The van der Waals surface area contributed by atoms with E-state index in [4.69, 9.17) is 13.9 Å². The lowest BCUT2D eigenvalue weighted by Crippen LogP contribution is -2.48. The molecule has 0 unspecified atom stereocenters. The number of fused-ring (bicyclic) bond motifs is 2. The highest BCUT2D eigenvalue weighted by Crippen LogP contribution is 2.44. The molecule has 0 fully saturated rings. The van der Waals surface area contributed by atoms with Crippen LogP contribution < -0.4 is 16.1 Å². The van der Waals surface area contributed by atoms with Gasteiger partial charge in [-0.25, -0.2) is 4.79 Å². The summed E-state index contributed by atoms with van der Waals surface area (Å²) in [5.41, 5.74) is 0.391. The number of hydrogen-bond donors (Lipinski definition) is 5. The van der Waals surface area contributed by atoms with Crippen LogP contribution in [0.2, 0.25) is 0 Å². The topological polar surface area (TPSA) is 202 Å². The first-order chi connectivity index (χ1) is 26.1. The Morgan fingerprint density at radius 3 is 2.29 bits per heavy atom. The van der Waals surface area contributed by atoms with E-state index in [-0.39, 0.29) is 91.3 Å². The number of rotatable bonds is 15. The van der Waals surface area contributed by atoms with Gasteiger partial charge in [-0.2, -0.15) is 0 Å². The lowest BCUT2D eigenvalue weighted by molar-refractivity contribution is -0.121. The van der Waals surface area contributed by atoms with E-state index < -0.39 is 22.9 Å². The van der Waals surface area contributed by atoms with Crippen molar-refractivity contribution >= 4 is 34.5 Å². The lowest BCUT2D eigenvalue weighted by atomic mass is 9.64. The summed E-state index contributed by atoms with van der Waals surface area (Å²) in [6, 6.07) is 12.9. The molecule has 13 heteroatoms. The molecule has 0 radical (unpaired) electrons. The normalized spacial score (nSPS) is 17.1. The second kappa shape index (κ2) is 17.1. The van der Waals surface area contributed by atoms with Crippen LogP contribution >= 0.6 is 0 Å². The summed E-state index contributed by atoms with van der Waals surface area (Å²) < 4.78 is 16.9. The molecule has 1 heterocycles. The molecular formula is C42H44N2O11. The van der Waals surface area contributed by atoms with Crippen molar-refractivity contribution in [1.29, 1.82) is 0 Å². The summed E-state index contributed by atoms with van der Waals surface area (Å²) in [5.74, 6) is -1.96. The molecule has 288 valence electrons. The smallest absolute Gasteiger partial charge is 0.336 e. The third-order valence-electron chi connectivity index (χ3n) is 9.48. The van der Waals surface area contributed by atoms with Crippen LogP contribution in [-0.2, 0) is 19.1 Å². The first-order valence-electron chi connectivity index (χ1n) is 17.7. The number of allylic oxidation sites excluding steroid dienone is 3. The molecular weight excluding hydrogens is 708 g/mol. The van der Waals surface area contributed by atoms with Gasteiger partial charge in [-0.3, -0.25) is 19.2 Å². The number of nitrogens with one attached hydrogen (secondary N) is 2. The second-order valence-electron chi connectivity index (χ2n) is 14.0. The fraction of sp³-hybridized carbons (Fsp3) is 0.310. The molecule has 5 N–H and O–H groups in total. The quantitative estimate of drug-likeness (QED) is 0.0472. The lowest BCUT2D eigenvalue weighted by Gasteiger charge is -2.44. The van der Waals surface area contributed by atoms with E-state index in [9.17, 15) is 39.3 Å². The first kappa shape index (κ1) is 40.3. The summed E-state index contributed by atoms with van der Waals surface area (Å²) in [7, 11) is 0. The number of aromatic hydroxyl groups is 1. The van der Waals surface area contributed by atoms with Crippen molar-refractivity contribution in [3.63, 3.8) is 0 Å². The molecule has 13 nitrogen and oxygen atoms in total. The monoisotopic (exact) mass is 752 g/mol. The number of carbonyl (C=O) groups excluding carboxylic acids is 3. The highest BCUT2D eigenvalue weighted by Gasteiger charge is 2.46. The van der Waals surface area contributed by atoms with Crippen molar-refractivity contribution in [1.82, 2.24) is 10.6 Å². The maximum absolute atomic E-state index is 12.9. The Morgan fingerprint density at radius 2 is 1.60 bits per heavy atom. The molecule has 0 saturated heterocycles. The molecule has 2 aromatic carbocycles. The zero-order chi connectivity index (χ0) is 39.9. The van der Waals surface area contributed by atoms with E-state index in [0.717, 1.165) is 0 Å². The van der Waals surface area contributed by atoms with Crippen molar-refractivity contribution in [3.05, 3.63) is 111 Å². The minimum absolute atomic E-state index is 0.0269. The van der Waals surface area contributed by atoms with E-state index >= 15 is 0 Å². The summed E-state index contributed by atoms with van der Waals surface area (Å²) in [5, 5.41) is 37.4. The standard InChI is InChI=1S/C42H44N2O11/c1-25(11-12-42(52)26(2)20-30(47)24-41(42,3)4)19-37(48)43-13-15-53-17-18-54-16-14-44-39(49)27-5-8-31(34(21-27)40(50)51)38-32-9-6-28(45)22-35(32)55-36-23-29(46)7-10-33(36)38/h5-12,19-23,45,52H,13-18,24H2,1-4H3,(H,43,48)(H,44,49)(H,50,51)/b12-11+,25-19-/t42-/m1/s1. The maximum atomic E-state index is 12.9. The van der Waals surface area contributed by atoms with Crippen molar-refractivity contribution in [2.45, 2.75) is 39.7 Å². The Labute approximate surface area is 317 Å². The SMILES string of the molecule is CC1=CC(=O)CC(C)(C)[C@@]1(O)/C=C/C(C)=C\C(=O)NCCOCCOCCNC(=O)c1ccc(-c2c3ccc(=O)cc-3oc3cc(O)ccc23)c(C(=O)O)c1. The number of benzene rings is 3. The number of phenols is 1. The highest BCUT2D eigenvalue weighted by atomic mass is 16.5. The van der Waals surface area contributed by atoms with Gasteiger partial charge in [-0.1, -0.05) is 26.0 Å². The molecule has 3 aliphatic rings. The molecule has 0 aromatic heterocycles. The maximum Gasteiger partial charge on any atom is 0.336 e. The Kier molecular flexibility index (Phi) is 12.5. The number of aliphatic hydroxyl groups is 1. The van der Waals surface area contributed by atoms with Gasteiger partial charge in [0.05, 0.1) is 32.0 Å². The van der Waals surface area contributed by atoms with E-state index in [1.54, 1.807) is 38.1 Å². The van der Waals surface area contributed by atoms with Crippen LogP contribution in [-0.4, -0.2) is 84.0 Å². The van der Waals surface area contributed by atoms with Gasteiger partial charge >= 0.3 is 5.97 Å². The molecule has 55 heavy (non-hydrogen) atoms. The van der Waals surface area contributed by atoms with E-state index in [1.807, 2.05) is 13.8 Å². The summed E-state index contributed by atoms with van der Waals surface area (Å²) in [6.45, 7) is 8.44. The summed E-state index contributed by atoms with van der Waals surface area (Å²) in [6.07, 6.45) is 6.38. The number of aromatic carboxylic acids is 1. The van der Waals surface area contributed by atoms with Crippen LogP contribution in [0.15, 0.2) is 99.3 Å². The van der Waals surface area contributed by atoms with Crippen molar-refractivity contribution in [2.24, 2.45) is 5.41 Å². The predicted molar refractivity (Wildman–Crippen MR) is 205 cm³/mol. The number of amides is 2. The van der Waals surface area contributed by atoms with Crippen molar-refractivity contribution in [2.75, 3.05) is 39.5 Å². The number of ether oxygens (including phenoxy) is 2. The molecule has 5 rings (SSSR count). The van der Waals surface area contributed by atoms with Crippen molar-refractivity contribution in [3.8, 4) is 28.2 Å². The van der Waals surface area contributed by atoms with Gasteiger partial charge in [0, 0.05) is 65.2 Å². The van der Waals surface area contributed by atoms with E-state index in [0.29, 0.717) is 33.2 Å². The van der Waals surface area contributed by atoms with Crippen LogP contribution in [0.4, 0.5) is 0 Å². The van der Waals surface area contributed by atoms with Gasteiger partial charge in [-0.05, 0) is 79.1 Å². The summed E-state index contributed by atoms with van der Waals surface area (Å²) in [4.78, 5) is 61.7. The van der Waals surface area contributed by atoms with Crippen LogP contribution in [0, 0.1) is 5.41 Å². The average molecular weight is 753 g/mol. The Balaban J connectivity index is 1.06. The van der Waals surface area contributed by atoms with Crippen LogP contribution in [0.5, 0.6) is 5.75 Å². The number of carboxylic acids is 1. The van der Waals surface area contributed by atoms with Gasteiger partial charge in [0.2, 0.25) is 5.91 Å². The van der Waals surface area contributed by atoms with E-state index in [2.05, 4.69) is 10.6 Å². The second-order valence-corrected chi connectivity index (χ2v) is 14.0. The fourth-order valence-corrected chi connectivity index (χ4v) is 6.56. The largest absolute Gasteiger partial charge is 0.508 e.